The molecule has 7 heteroatoms. The zero-order chi connectivity index (χ0) is 18.7. The smallest absolute Gasteiger partial charge is 0.270 e. The lowest BCUT2D eigenvalue weighted by Gasteiger charge is -2.14. The maximum Gasteiger partial charge on any atom is 0.270 e. The molecule has 0 aliphatic carbocycles. The number of aryl methyl sites for hydroxylation is 1. The van der Waals surface area contributed by atoms with E-state index in [1.165, 1.54) is 16.7 Å². The van der Waals surface area contributed by atoms with Gasteiger partial charge in [0.05, 0.1) is 10.6 Å². The predicted molar refractivity (Wildman–Crippen MR) is 108 cm³/mol. The highest BCUT2D eigenvalue weighted by Crippen LogP contribution is 2.37. The summed E-state index contributed by atoms with van der Waals surface area (Å²) < 4.78 is 5.89. The third kappa shape index (κ3) is 3.95. The van der Waals surface area contributed by atoms with Gasteiger partial charge in [-0.2, -0.15) is 0 Å². The van der Waals surface area contributed by atoms with E-state index in [1.807, 2.05) is 37.3 Å². The summed E-state index contributed by atoms with van der Waals surface area (Å²) in [4.78, 5) is 25.8. The molecule has 3 rings (SSSR count). The zero-order valence-corrected chi connectivity index (χ0v) is 15.6. The molecule has 0 radical (unpaired) electrons. The van der Waals surface area contributed by atoms with Crippen molar-refractivity contribution in [1.29, 1.82) is 0 Å². The Morgan fingerprint density at radius 1 is 1.27 bits per heavy atom. The Morgan fingerprint density at radius 2 is 2.04 bits per heavy atom. The Kier molecular flexibility index (Phi) is 5.39. The summed E-state index contributed by atoms with van der Waals surface area (Å²) in [5.41, 5.74) is 7.60. The maximum atomic E-state index is 12.8. The molecule has 5 nitrogen and oxygen atoms in total. The van der Waals surface area contributed by atoms with Gasteiger partial charge in [0.15, 0.2) is 10.9 Å². The van der Waals surface area contributed by atoms with E-state index in [4.69, 9.17) is 22.7 Å². The molecule has 0 spiro atoms. The number of rotatable bonds is 5. The van der Waals surface area contributed by atoms with E-state index in [1.54, 1.807) is 24.3 Å². The summed E-state index contributed by atoms with van der Waals surface area (Å²) in [7, 11) is 0. The number of carbonyl (C=O) groups is 2. The first-order valence-corrected chi connectivity index (χ1v) is 9.03. The Balaban J connectivity index is 1.90. The van der Waals surface area contributed by atoms with E-state index in [9.17, 15) is 9.59 Å². The van der Waals surface area contributed by atoms with Gasteiger partial charge < -0.3 is 10.5 Å². The third-order valence-corrected chi connectivity index (χ3v) is 4.93. The van der Waals surface area contributed by atoms with E-state index >= 15 is 0 Å². The molecule has 1 saturated heterocycles. The number of carbonyl (C=O) groups excluding carboxylic acids is 2. The van der Waals surface area contributed by atoms with Crippen molar-refractivity contribution in [3.05, 3.63) is 64.6 Å². The van der Waals surface area contributed by atoms with E-state index < -0.39 is 5.91 Å². The number of ether oxygens (including phenoxy) is 1. The van der Waals surface area contributed by atoms with E-state index in [-0.39, 0.29) is 12.5 Å². The van der Waals surface area contributed by atoms with Crippen molar-refractivity contribution in [1.82, 2.24) is 0 Å². The lowest BCUT2D eigenvalue weighted by molar-refractivity contribution is -0.120. The van der Waals surface area contributed by atoms with Crippen LogP contribution in [0.1, 0.15) is 11.1 Å². The molecule has 1 aliphatic heterocycles. The van der Waals surface area contributed by atoms with Crippen LogP contribution in [-0.4, -0.2) is 22.7 Å². The average molecular weight is 384 g/mol. The first-order chi connectivity index (χ1) is 12.5. The molecule has 1 heterocycles. The summed E-state index contributed by atoms with van der Waals surface area (Å²) in [5.74, 6) is -0.270. The van der Waals surface area contributed by atoms with Crippen LogP contribution in [0.2, 0.25) is 0 Å². The topological polar surface area (TPSA) is 72.6 Å². The molecular formula is C19H16N2O3S2. The van der Waals surface area contributed by atoms with Crippen molar-refractivity contribution in [2.75, 3.05) is 11.5 Å². The van der Waals surface area contributed by atoms with Crippen LogP contribution < -0.4 is 15.4 Å². The molecule has 1 aliphatic rings. The van der Waals surface area contributed by atoms with Gasteiger partial charge in [0.2, 0.25) is 0 Å². The fourth-order valence-electron chi connectivity index (χ4n) is 2.48. The van der Waals surface area contributed by atoms with Gasteiger partial charge in [0, 0.05) is 5.56 Å². The highest BCUT2D eigenvalue weighted by atomic mass is 32.2. The van der Waals surface area contributed by atoms with Crippen LogP contribution in [0.4, 0.5) is 5.69 Å². The van der Waals surface area contributed by atoms with Crippen molar-refractivity contribution in [3.8, 4) is 5.75 Å². The molecule has 0 bridgehead atoms. The van der Waals surface area contributed by atoms with Gasteiger partial charge in [-0.3, -0.25) is 14.5 Å². The highest BCUT2D eigenvalue weighted by Gasteiger charge is 2.33. The molecule has 26 heavy (non-hydrogen) atoms. The van der Waals surface area contributed by atoms with Crippen LogP contribution in [0, 0.1) is 6.92 Å². The monoisotopic (exact) mass is 384 g/mol. The molecule has 0 saturated carbocycles. The molecule has 0 aromatic heterocycles. The summed E-state index contributed by atoms with van der Waals surface area (Å²) in [6.45, 7) is 1.73. The average Bonchev–Trinajstić information content (AvgIpc) is 2.87. The van der Waals surface area contributed by atoms with E-state index in [0.29, 0.717) is 20.5 Å². The number of thioether (sulfide) groups is 1. The van der Waals surface area contributed by atoms with Crippen molar-refractivity contribution < 1.29 is 14.3 Å². The quantitative estimate of drug-likeness (QED) is 0.633. The van der Waals surface area contributed by atoms with Crippen LogP contribution in [0.5, 0.6) is 5.75 Å². The zero-order valence-electron chi connectivity index (χ0n) is 14.0. The fourth-order valence-corrected chi connectivity index (χ4v) is 3.77. The van der Waals surface area contributed by atoms with Gasteiger partial charge in [0.1, 0.15) is 5.75 Å². The fraction of sp³-hybridized carbons (Fsp3) is 0.105. The van der Waals surface area contributed by atoms with Crippen LogP contribution in [0.25, 0.3) is 6.08 Å². The van der Waals surface area contributed by atoms with Crippen molar-refractivity contribution in [2.45, 2.75) is 6.92 Å². The third-order valence-electron chi connectivity index (χ3n) is 3.63. The number of hydrogen-bond donors (Lipinski definition) is 1. The first kappa shape index (κ1) is 18.2. The minimum absolute atomic E-state index is 0.185. The van der Waals surface area contributed by atoms with Crippen molar-refractivity contribution >= 4 is 51.9 Å². The van der Waals surface area contributed by atoms with Gasteiger partial charge in [-0.05, 0) is 36.8 Å². The SMILES string of the molecule is Cc1cccc(N2C(=O)/C(=C/c3ccccc3OCC(N)=O)SC2=S)c1. The normalized spacial score (nSPS) is 15.6. The number of primary amides is 1. The van der Waals surface area contributed by atoms with E-state index in [0.717, 1.165) is 11.3 Å². The Labute approximate surface area is 160 Å². The van der Waals surface area contributed by atoms with Crippen molar-refractivity contribution in [2.24, 2.45) is 5.73 Å². The second-order valence-corrected chi connectivity index (χ2v) is 7.32. The molecule has 2 N–H and O–H groups in total. The molecule has 0 unspecified atom stereocenters. The molecule has 0 atom stereocenters. The number of benzene rings is 2. The molecule has 2 aromatic rings. The number of hydrogen-bond acceptors (Lipinski definition) is 5. The van der Waals surface area contributed by atoms with Gasteiger partial charge in [-0.25, -0.2) is 0 Å². The van der Waals surface area contributed by atoms with Crippen LogP contribution in [0.15, 0.2) is 53.4 Å². The summed E-state index contributed by atoms with van der Waals surface area (Å²) in [6, 6.07) is 14.7. The summed E-state index contributed by atoms with van der Waals surface area (Å²) in [6.07, 6.45) is 1.71. The lowest BCUT2D eigenvalue weighted by atomic mass is 10.1. The summed E-state index contributed by atoms with van der Waals surface area (Å²) >= 11 is 6.62. The molecule has 132 valence electrons. The predicted octanol–water partition coefficient (Wildman–Crippen LogP) is 3.26. The summed E-state index contributed by atoms with van der Waals surface area (Å²) in [5, 5.41) is 0. The largest absolute Gasteiger partial charge is 0.483 e. The van der Waals surface area contributed by atoms with Crippen LogP contribution in [0.3, 0.4) is 0 Å². The standard InChI is InChI=1S/C19H16N2O3S2/c1-12-5-4-7-14(9-12)21-18(23)16(26-19(21)25)10-13-6-2-3-8-15(13)24-11-17(20)22/h2-10H,11H2,1H3,(H2,20,22)/b16-10-. The number of nitrogens with zero attached hydrogens (tertiary/aromatic N) is 1. The Hall–Kier alpha value is -2.64. The van der Waals surface area contributed by atoms with E-state index in [2.05, 4.69) is 0 Å². The van der Waals surface area contributed by atoms with Gasteiger partial charge in [-0.15, -0.1) is 0 Å². The minimum atomic E-state index is -0.564. The van der Waals surface area contributed by atoms with Gasteiger partial charge >= 0.3 is 0 Å². The molecule has 2 amide bonds. The van der Waals surface area contributed by atoms with Crippen LogP contribution in [-0.2, 0) is 9.59 Å². The first-order valence-electron chi connectivity index (χ1n) is 7.80. The number of anilines is 1. The van der Waals surface area contributed by atoms with Gasteiger partial charge in [-0.1, -0.05) is 54.3 Å². The number of thiocarbonyl (C=S) groups is 1. The van der Waals surface area contributed by atoms with Gasteiger partial charge in [0.25, 0.3) is 11.8 Å². The number of para-hydroxylation sites is 1. The second-order valence-electron chi connectivity index (χ2n) is 5.65. The minimum Gasteiger partial charge on any atom is -0.483 e. The number of nitrogens with two attached hydrogens (primary N) is 1. The maximum absolute atomic E-state index is 12.8. The number of amides is 2. The molecule has 2 aromatic carbocycles. The highest BCUT2D eigenvalue weighted by molar-refractivity contribution is 8.27. The molecular weight excluding hydrogens is 368 g/mol. The Morgan fingerprint density at radius 3 is 2.77 bits per heavy atom. The van der Waals surface area contributed by atoms with Crippen molar-refractivity contribution in [3.63, 3.8) is 0 Å². The second kappa shape index (κ2) is 7.72. The van der Waals surface area contributed by atoms with Crippen LogP contribution >= 0.6 is 24.0 Å². The Bertz CT molecular complexity index is 925. The lowest BCUT2D eigenvalue weighted by Crippen LogP contribution is -2.27. The molecule has 1 fully saturated rings.